The van der Waals surface area contributed by atoms with Crippen molar-refractivity contribution in [2.24, 2.45) is 28.6 Å². The molecule has 0 aromatic carbocycles. The first-order chi connectivity index (χ1) is 16.8. The first-order valence-corrected chi connectivity index (χ1v) is 15.4. The van der Waals surface area contributed by atoms with Crippen molar-refractivity contribution >= 4 is 16.9 Å². The molecule has 0 spiro atoms. The second-order valence-electron chi connectivity index (χ2n) is 12.3. The van der Waals surface area contributed by atoms with Gasteiger partial charge in [0.25, 0.3) is 0 Å². The molecule has 4 aliphatic carbocycles. The third kappa shape index (κ3) is 6.09. The molecule has 2 nitrogen and oxygen atoms in total. The van der Waals surface area contributed by atoms with Crippen molar-refractivity contribution in [3.8, 4) is 0 Å². The Morgan fingerprint density at radius 1 is 1.20 bits per heavy atom. The van der Waals surface area contributed by atoms with E-state index in [1.807, 2.05) is 0 Å². The van der Waals surface area contributed by atoms with Crippen LogP contribution in [0.1, 0.15) is 104 Å². The monoisotopic (exact) mass is 496 g/mol. The van der Waals surface area contributed by atoms with Crippen LogP contribution in [0.3, 0.4) is 0 Å². The van der Waals surface area contributed by atoms with E-state index >= 15 is 0 Å². The van der Waals surface area contributed by atoms with E-state index in [2.05, 4.69) is 51.7 Å². The zero-order valence-corrected chi connectivity index (χ0v) is 23.3. The molecule has 4 rings (SSSR count). The molecular weight excluding hydrogens is 448 g/mol. The van der Waals surface area contributed by atoms with E-state index in [4.69, 9.17) is 0 Å². The summed E-state index contributed by atoms with van der Waals surface area (Å²) < 4.78 is 0. The molecule has 0 saturated heterocycles. The molecule has 194 valence electrons. The summed E-state index contributed by atoms with van der Waals surface area (Å²) in [7, 11) is 0. The summed E-state index contributed by atoms with van der Waals surface area (Å²) in [6.07, 6.45) is 23.9. The van der Waals surface area contributed by atoms with Crippen LogP contribution in [-0.4, -0.2) is 22.1 Å². The number of carbonyl (C=O) groups is 1. The van der Waals surface area contributed by atoms with Gasteiger partial charge in [0.05, 0.1) is 6.10 Å². The lowest BCUT2D eigenvalue weighted by Gasteiger charge is -2.44. The highest BCUT2D eigenvalue weighted by atomic mass is 32.2. The minimum absolute atomic E-state index is 0.0377. The molecule has 0 aromatic rings. The third-order valence-corrected chi connectivity index (χ3v) is 11.1. The summed E-state index contributed by atoms with van der Waals surface area (Å²) in [5.41, 5.74) is 4.37. The van der Waals surface area contributed by atoms with Crippen LogP contribution >= 0.6 is 11.8 Å². The zero-order chi connectivity index (χ0) is 25.1. The summed E-state index contributed by atoms with van der Waals surface area (Å²) in [6, 6.07) is 0. The molecule has 5 unspecified atom stereocenters. The second kappa shape index (κ2) is 11.5. The predicted octanol–water partition coefficient (Wildman–Crippen LogP) is 8.58. The maximum atomic E-state index is 12.7. The quantitative estimate of drug-likeness (QED) is 0.256. The number of aliphatic hydroxyl groups is 1. The minimum Gasteiger partial charge on any atom is -0.388 e. The van der Waals surface area contributed by atoms with Crippen LogP contribution < -0.4 is 0 Å². The normalized spacial score (nSPS) is 35.5. The van der Waals surface area contributed by atoms with Gasteiger partial charge in [-0.3, -0.25) is 4.79 Å². The van der Waals surface area contributed by atoms with E-state index in [9.17, 15) is 9.90 Å². The van der Waals surface area contributed by atoms with Crippen LogP contribution in [0.25, 0.3) is 0 Å². The van der Waals surface area contributed by atoms with E-state index in [-0.39, 0.29) is 11.5 Å². The van der Waals surface area contributed by atoms with Gasteiger partial charge in [0.15, 0.2) is 5.12 Å². The molecule has 0 radical (unpaired) electrons. The van der Waals surface area contributed by atoms with Crippen molar-refractivity contribution in [2.75, 3.05) is 5.75 Å². The summed E-state index contributed by atoms with van der Waals surface area (Å²) in [5.74, 6) is 2.98. The zero-order valence-electron chi connectivity index (χ0n) is 22.5. The van der Waals surface area contributed by atoms with Gasteiger partial charge in [-0.15, -0.1) is 0 Å². The Bertz CT molecular complexity index is 876. The van der Waals surface area contributed by atoms with Crippen LogP contribution in [0.15, 0.2) is 47.6 Å². The molecule has 4 aliphatic rings. The number of thioether (sulfide) groups is 1. The lowest BCUT2D eigenvalue weighted by molar-refractivity contribution is -0.115. The van der Waals surface area contributed by atoms with E-state index in [1.54, 1.807) is 17.3 Å². The van der Waals surface area contributed by atoms with Gasteiger partial charge in [-0.05, 0) is 106 Å². The number of aliphatic hydroxyl groups excluding tert-OH is 1. The van der Waals surface area contributed by atoms with Crippen LogP contribution in [-0.2, 0) is 4.79 Å². The number of unbranched alkanes of at least 4 members (excludes halogenated alkanes) is 1. The van der Waals surface area contributed by atoms with Crippen molar-refractivity contribution in [3.63, 3.8) is 0 Å². The van der Waals surface area contributed by atoms with Crippen molar-refractivity contribution < 1.29 is 9.90 Å². The number of allylic oxidation sites excluding steroid dienone is 5. The highest BCUT2D eigenvalue weighted by Crippen LogP contribution is 2.60. The number of hydrogen-bond acceptors (Lipinski definition) is 3. The average molecular weight is 497 g/mol. The fraction of sp³-hybridized carbons (Fsp3) is 0.719. The molecule has 0 aliphatic heterocycles. The van der Waals surface area contributed by atoms with Gasteiger partial charge < -0.3 is 5.11 Å². The SMILES string of the molecule is C=C1CC/C(=C/C=C2\CCCC3(C)C2CCC3C(C)/C=C/CC2(C(=O)SCCCC)CC2)CC1O. The van der Waals surface area contributed by atoms with Crippen LogP contribution in [0.2, 0.25) is 0 Å². The van der Waals surface area contributed by atoms with E-state index < -0.39 is 0 Å². The maximum Gasteiger partial charge on any atom is 0.195 e. The Morgan fingerprint density at radius 3 is 2.71 bits per heavy atom. The van der Waals surface area contributed by atoms with Gasteiger partial charge in [-0.25, -0.2) is 0 Å². The Hall–Kier alpha value is -1.06. The molecule has 0 bridgehead atoms. The lowest BCUT2D eigenvalue weighted by Crippen LogP contribution is -2.35. The maximum absolute atomic E-state index is 12.7. The Kier molecular flexibility index (Phi) is 8.91. The fourth-order valence-electron chi connectivity index (χ4n) is 7.25. The second-order valence-corrected chi connectivity index (χ2v) is 13.4. The highest BCUT2D eigenvalue weighted by Gasteiger charge is 2.51. The molecule has 0 aromatic heterocycles. The summed E-state index contributed by atoms with van der Waals surface area (Å²) in [4.78, 5) is 12.7. The molecule has 4 fully saturated rings. The molecule has 35 heavy (non-hydrogen) atoms. The Balaban J connectivity index is 1.36. The lowest BCUT2D eigenvalue weighted by atomic mass is 9.61. The first kappa shape index (κ1) is 27.0. The van der Waals surface area contributed by atoms with E-state index in [1.165, 1.54) is 44.1 Å². The topological polar surface area (TPSA) is 37.3 Å². The van der Waals surface area contributed by atoms with E-state index in [0.717, 1.165) is 62.2 Å². The van der Waals surface area contributed by atoms with Crippen LogP contribution in [0.5, 0.6) is 0 Å². The van der Waals surface area contributed by atoms with Gasteiger partial charge in [0, 0.05) is 11.2 Å². The van der Waals surface area contributed by atoms with Crippen molar-refractivity contribution in [1.29, 1.82) is 0 Å². The molecule has 0 amide bonds. The van der Waals surface area contributed by atoms with Crippen molar-refractivity contribution in [1.82, 2.24) is 0 Å². The summed E-state index contributed by atoms with van der Waals surface area (Å²) >= 11 is 1.58. The van der Waals surface area contributed by atoms with Gasteiger partial charge in [-0.2, -0.15) is 0 Å². The Labute approximate surface area is 218 Å². The third-order valence-electron chi connectivity index (χ3n) is 9.87. The fourth-order valence-corrected chi connectivity index (χ4v) is 8.46. The molecule has 4 saturated carbocycles. The van der Waals surface area contributed by atoms with Gasteiger partial charge in [0.2, 0.25) is 0 Å². The summed E-state index contributed by atoms with van der Waals surface area (Å²) in [6.45, 7) is 11.2. The van der Waals surface area contributed by atoms with Gasteiger partial charge in [-0.1, -0.05) is 81.0 Å². The average Bonchev–Trinajstić information content (AvgIpc) is 3.54. The molecule has 3 heteroatoms. The van der Waals surface area contributed by atoms with Crippen LogP contribution in [0.4, 0.5) is 0 Å². The largest absolute Gasteiger partial charge is 0.388 e. The Morgan fingerprint density at radius 2 is 2.00 bits per heavy atom. The molecule has 1 N–H and O–H groups in total. The highest BCUT2D eigenvalue weighted by molar-refractivity contribution is 8.13. The predicted molar refractivity (Wildman–Crippen MR) is 150 cm³/mol. The minimum atomic E-state index is -0.353. The molecule has 5 atom stereocenters. The smallest absolute Gasteiger partial charge is 0.195 e. The van der Waals surface area contributed by atoms with Gasteiger partial charge in [0.1, 0.15) is 0 Å². The number of hydrogen-bond donors (Lipinski definition) is 1. The van der Waals surface area contributed by atoms with Crippen molar-refractivity contribution in [2.45, 2.75) is 110 Å². The first-order valence-electron chi connectivity index (χ1n) is 14.4. The standard InChI is InChI=1S/C32H48O2S/c1-5-6-21-35-30(34)32(19-20-32)18-7-9-23(2)27-15-16-28-26(10-8-17-31(27,28)4)14-13-25-12-11-24(3)29(33)22-25/h7,9,13-14,23,27-29,33H,3,5-6,8,10-12,15-22H2,1-2,4H3/b9-7+,25-13-,26-14+. The molecule has 0 heterocycles. The summed E-state index contributed by atoms with van der Waals surface area (Å²) in [5, 5.41) is 10.6. The number of fused-ring (bicyclic) bond motifs is 1. The van der Waals surface area contributed by atoms with E-state index in [0.29, 0.717) is 22.4 Å². The van der Waals surface area contributed by atoms with Crippen LogP contribution in [0, 0.1) is 28.6 Å². The number of carbonyl (C=O) groups excluding carboxylic acids is 1. The molecular formula is C32H48O2S. The van der Waals surface area contributed by atoms with Crippen molar-refractivity contribution in [3.05, 3.63) is 47.6 Å². The number of rotatable bonds is 9. The van der Waals surface area contributed by atoms with Gasteiger partial charge >= 0.3 is 0 Å².